The molecule has 1 fully saturated rings. The summed E-state index contributed by atoms with van der Waals surface area (Å²) in [6.45, 7) is 2.45. The predicted octanol–water partition coefficient (Wildman–Crippen LogP) is 0.562. The van der Waals surface area contributed by atoms with Gasteiger partial charge in [0.2, 0.25) is 0 Å². The molecule has 6 atom stereocenters. The Bertz CT molecular complexity index is 1310. The third-order valence-corrected chi connectivity index (χ3v) is 6.26. The van der Waals surface area contributed by atoms with Crippen molar-refractivity contribution in [1.82, 2.24) is 0 Å². The van der Waals surface area contributed by atoms with Gasteiger partial charge in [-0.1, -0.05) is 12.1 Å². The average Bonchev–Trinajstić information content (AvgIpc) is 2.98. The number of aliphatic hydroxyl groups is 4. The molecule has 2 unspecified atom stereocenters. The molecule has 1 aliphatic carbocycles. The Morgan fingerprint density at radius 3 is 1.23 bits per heavy atom. The molecule has 236 valence electrons. The molecule has 0 bridgehead atoms. The molecule has 0 saturated heterocycles. The van der Waals surface area contributed by atoms with Gasteiger partial charge in [0.15, 0.2) is 35.2 Å². The molecule has 0 amide bonds. The minimum Gasteiger partial charge on any atom is -0.493 e. The topological polar surface area (TPSA) is 205 Å². The van der Waals surface area contributed by atoms with E-state index in [1.54, 1.807) is 0 Å². The number of carbonyl (C=O) groups excluding carboxylic acids is 4. The van der Waals surface area contributed by atoms with Gasteiger partial charge >= 0.3 is 23.9 Å². The van der Waals surface area contributed by atoms with Gasteiger partial charge in [-0.3, -0.25) is 9.59 Å². The molecule has 0 aliphatic heterocycles. The Kier molecular flexibility index (Phi) is 11.6. The minimum absolute atomic E-state index is 0.164. The Morgan fingerprint density at radius 1 is 0.591 bits per heavy atom. The van der Waals surface area contributed by atoms with Crippen molar-refractivity contribution in [2.45, 2.75) is 50.5 Å². The van der Waals surface area contributed by atoms with Gasteiger partial charge in [-0.2, -0.15) is 0 Å². The molecule has 1 saturated carbocycles. The number of hydrogen-bond donors (Lipinski definition) is 4. The third-order valence-electron chi connectivity index (χ3n) is 6.26. The monoisotopic (exact) mass is 616 g/mol. The van der Waals surface area contributed by atoms with Crippen LogP contribution in [0.3, 0.4) is 0 Å². The highest BCUT2D eigenvalue weighted by Crippen LogP contribution is 2.30. The molecule has 1 aliphatic rings. The van der Waals surface area contributed by atoms with E-state index in [0.29, 0.717) is 11.1 Å². The number of carbonyl (C=O) groups is 4. The fourth-order valence-corrected chi connectivity index (χ4v) is 4.19. The number of hydrogen-bond acceptors (Lipinski definition) is 14. The van der Waals surface area contributed by atoms with E-state index in [1.165, 1.54) is 76.6 Å². The summed E-state index contributed by atoms with van der Waals surface area (Å²) in [5, 5.41) is 42.1. The number of benzene rings is 2. The van der Waals surface area contributed by atoms with Crippen molar-refractivity contribution in [3.8, 4) is 23.0 Å². The summed E-state index contributed by atoms with van der Waals surface area (Å²) < 4.78 is 30.5. The third kappa shape index (κ3) is 8.64. The Balaban J connectivity index is 1.63. The summed E-state index contributed by atoms with van der Waals surface area (Å²) >= 11 is 0. The van der Waals surface area contributed by atoms with Crippen LogP contribution in [0.1, 0.15) is 25.0 Å². The second-order valence-corrected chi connectivity index (χ2v) is 9.44. The standard InChI is InChI=1S/C30H32O14/c1-15(31)41-19-9-5-17(13-21(19)39-3)7-11-23(33)43-29-25(35)27(37)30(28(38)26(29)36)44-24(34)12-8-18-6-10-20(42-16(2)32)22(14-18)40-4/h5-14,25-30,35-38H,1-4H3/b11-7+,12-8+/t25-,26-,27-,28+,29?,30?/m0/s1. The zero-order valence-corrected chi connectivity index (χ0v) is 24.1. The molecule has 14 heteroatoms. The molecule has 2 aromatic rings. The van der Waals surface area contributed by atoms with Crippen LogP contribution in [0.4, 0.5) is 0 Å². The molecule has 3 rings (SSSR count). The van der Waals surface area contributed by atoms with Crippen LogP contribution in [-0.2, 0) is 28.7 Å². The number of aliphatic hydroxyl groups excluding tert-OH is 4. The highest BCUT2D eigenvalue weighted by atomic mass is 16.6. The van der Waals surface area contributed by atoms with Gasteiger partial charge in [0.05, 0.1) is 14.2 Å². The molecule has 2 aromatic carbocycles. The largest absolute Gasteiger partial charge is 0.493 e. The van der Waals surface area contributed by atoms with Crippen LogP contribution in [-0.4, -0.2) is 95.1 Å². The number of methoxy groups -OCH3 is 2. The zero-order valence-electron chi connectivity index (χ0n) is 24.1. The van der Waals surface area contributed by atoms with Crippen LogP contribution in [0.25, 0.3) is 12.2 Å². The van der Waals surface area contributed by atoms with Gasteiger partial charge in [-0.05, 0) is 47.5 Å². The van der Waals surface area contributed by atoms with Crippen molar-refractivity contribution < 1.29 is 68.0 Å². The highest BCUT2D eigenvalue weighted by molar-refractivity contribution is 5.88. The maximum absolute atomic E-state index is 12.4. The van der Waals surface area contributed by atoms with Crippen LogP contribution in [0.2, 0.25) is 0 Å². The summed E-state index contributed by atoms with van der Waals surface area (Å²) in [6, 6.07) is 8.88. The van der Waals surface area contributed by atoms with Crippen molar-refractivity contribution in [2.24, 2.45) is 0 Å². The van der Waals surface area contributed by atoms with E-state index in [4.69, 9.17) is 28.4 Å². The lowest BCUT2D eigenvalue weighted by Crippen LogP contribution is -2.65. The molecule has 0 spiro atoms. The molecule has 4 N–H and O–H groups in total. The highest BCUT2D eigenvalue weighted by Gasteiger charge is 2.52. The smallest absolute Gasteiger partial charge is 0.331 e. The molecule has 0 aromatic heterocycles. The molecule has 14 nitrogen and oxygen atoms in total. The lowest BCUT2D eigenvalue weighted by Gasteiger charge is -2.42. The van der Waals surface area contributed by atoms with Crippen molar-refractivity contribution >= 4 is 36.0 Å². The van der Waals surface area contributed by atoms with Crippen LogP contribution >= 0.6 is 0 Å². The number of esters is 4. The van der Waals surface area contributed by atoms with E-state index >= 15 is 0 Å². The fourth-order valence-electron chi connectivity index (χ4n) is 4.19. The van der Waals surface area contributed by atoms with Crippen molar-refractivity contribution in [2.75, 3.05) is 14.2 Å². The number of ether oxygens (including phenoxy) is 6. The molecule has 0 radical (unpaired) electrons. The zero-order chi connectivity index (χ0) is 32.6. The molecule has 44 heavy (non-hydrogen) atoms. The van der Waals surface area contributed by atoms with E-state index < -0.39 is 60.5 Å². The Morgan fingerprint density at radius 2 is 0.932 bits per heavy atom. The quantitative estimate of drug-likeness (QED) is 0.164. The second-order valence-electron chi connectivity index (χ2n) is 9.44. The summed E-state index contributed by atoms with van der Waals surface area (Å²) in [6.07, 6.45) is -6.74. The molecule has 0 heterocycles. The lowest BCUT2D eigenvalue weighted by molar-refractivity contribution is -0.238. The van der Waals surface area contributed by atoms with Crippen LogP contribution in [0.15, 0.2) is 48.6 Å². The van der Waals surface area contributed by atoms with E-state index in [2.05, 4.69) is 0 Å². The summed E-state index contributed by atoms with van der Waals surface area (Å²) in [5.41, 5.74) is 0.886. The van der Waals surface area contributed by atoms with E-state index in [9.17, 15) is 39.6 Å². The summed E-state index contributed by atoms with van der Waals surface area (Å²) in [4.78, 5) is 47.3. The van der Waals surface area contributed by atoms with Gasteiger partial charge in [0.25, 0.3) is 0 Å². The van der Waals surface area contributed by atoms with Crippen LogP contribution < -0.4 is 18.9 Å². The van der Waals surface area contributed by atoms with E-state index in [1.807, 2.05) is 0 Å². The molecular formula is C30H32O14. The second kappa shape index (κ2) is 15.1. The normalized spacial score (nSPS) is 23.2. The first-order valence-electron chi connectivity index (χ1n) is 13.1. The first kappa shape index (κ1) is 33.7. The van der Waals surface area contributed by atoms with E-state index in [-0.39, 0.29) is 23.0 Å². The van der Waals surface area contributed by atoms with Gasteiger partial charge < -0.3 is 48.8 Å². The lowest BCUT2D eigenvalue weighted by atomic mass is 9.84. The van der Waals surface area contributed by atoms with Gasteiger partial charge in [0.1, 0.15) is 24.4 Å². The average molecular weight is 617 g/mol. The maximum Gasteiger partial charge on any atom is 0.331 e. The SMILES string of the molecule is COc1cc(/C=C/C(=O)OC2[C@@H](O)[C@H](O)C(OC(=O)/C=C/c3ccc(OC(C)=O)c(OC)c3)[C@H](O)[C@@H]2O)ccc1OC(C)=O. The fraction of sp³-hybridized carbons (Fsp3) is 0.333. The van der Waals surface area contributed by atoms with Crippen molar-refractivity contribution in [1.29, 1.82) is 0 Å². The Hall–Kier alpha value is -4.76. The van der Waals surface area contributed by atoms with Crippen LogP contribution in [0, 0.1) is 0 Å². The first-order chi connectivity index (χ1) is 20.8. The van der Waals surface area contributed by atoms with Gasteiger partial charge in [0, 0.05) is 26.0 Å². The van der Waals surface area contributed by atoms with Gasteiger partial charge in [-0.15, -0.1) is 0 Å². The van der Waals surface area contributed by atoms with Crippen molar-refractivity contribution in [3.05, 3.63) is 59.7 Å². The number of rotatable bonds is 10. The summed E-state index contributed by atoms with van der Waals surface area (Å²) in [5.74, 6) is -2.42. The maximum atomic E-state index is 12.4. The Labute approximate surface area is 251 Å². The first-order valence-corrected chi connectivity index (χ1v) is 13.1. The molecular weight excluding hydrogens is 584 g/mol. The summed E-state index contributed by atoms with van der Waals surface area (Å²) in [7, 11) is 2.72. The van der Waals surface area contributed by atoms with Gasteiger partial charge in [-0.25, -0.2) is 9.59 Å². The van der Waals surface area contributed by atoms with E-state index in [0.717, 1.165) is 12.2 Å². The minimum atomic E-state index is -1.94. The van der Waals surface area contributed by atoms with Crippen molar-refractivity contribution in [3.63, 3.8) is 0 Å². The predicted molar refractivity (Wildman–Crippen MR) is 150 cm³/mol. The van der Waals surface area contributed by atoms with Crippen LogP contribution in [0.5, 0.6) is 23.0 Å².